The van der Waals surface area contributed by atoms with Gasteiger partial charge in [-0.15, -0.1) is 11.6 Å². The Balaban J connectivity index is 1.66. The minimum atomic E-state index is -0.481. The summed E-state index contributed by atoms with van der Waals surface area (Å²) in [5, 5.41) is -0.306. The monoisotopic (exact) mass is 310 g/mol. The molecule has 1 aromatic carbocycles. The van der Waals surface area contributed by atoms with Crippen LogP contribution in [0.2, 0.25) is 0 Å². The van der Waals surface area contributed by atoms with Gasteiger partial charge in [-0.05, 0) is 80.2 Å². The first-order chi connectivity index (χ1) is 10.0. The van der Waals surface area contributed by atoms with Crippen LogP contribution in [0.1, 0.15) is 48.6 Å². The molecule has 4 aliphatic rings. The van der Waals surface area contributed by atoms with Crippen LogP contribution < -0.4 is 0 Å². The van der Waals surface area contributed by atoms with E-state index in [9.17, 15) is 8.78 Å². The fourth-order valence-electron chi connectivity index (χ4n) is 5.54. The number of benzene rings is 1. The molecule has 0 saturated heterocycles. The number of hydrogen-bond donors (Lipinski definition) is 0. The Morgan fingerprint density at radius 2 is 1.52 bits per heavy atom. The minimum absolute atomic E-state index is 0.306. The van der Waals surface area contributed by atoms with Crippen molar-refractivity contribution in [2.75, 3.05) is 0 Å². The van der Waals surface area contributed by atoms with Crippen molar-refractivity contribution in [1.82, 2.24) is 0 Å². The van der Waals surface area contributed by atoms with Gasteiger partial charge in [-0.1, -0.05) is 0 Å². The Hall–Kier alpha value is -0.630. The van der Waals surface area contributed by atoms with E-state index in [4.69, 9.17) is 11.6 Å². The van der Waals surface area contributed by atoms with E-state index in [1.54, 1.807) is 13.0 Å². The Labute approximate surface area is 129 Å². The highest BCUT2D eigenvalue weighted by Gasteiger charge is 2.50. The summed E-state index contributed by atoms with van der Waals surface area (Å²) < 4.78 is 27.6. The predicted molar refractivity (Wildman–Crippen MR) is 80.2 cm³/mol. The molecule has 1 atom stereocenters. The summed E-state index contributed by atoms with van der Waals surface area (Å²) in [6, 6.07) is 2.61. The van der Waals surface area contributed by atoms with Gasteiger partial charge in [-0.2, -0.15) is 0 Å². The highest BCUT2D eigenvalue weighted by Crippen LogP contribution is 2.60. The quantitative estimate of drug-likeness (QED) is 0.621. The Morgan fingerprint density at radius 1 is 0.952 bits per heavy atom. The number of aryl methyl sites for hydroxylation is 1. The molecule has 4 aliphatic carbocycles. The molecule has 21 heavy (non-hydrogen) atoms. The van der Waals surface area contributed by atoms with E-state index in [0.717, 1.165) is 17.9 Å². The second-order valence-corrected chi connectivity index (χ2v) is 8.00. The van der Waals surface area contributed by atoms with Gasteiger partial charge in [0.25, 0.3) is 0 Å². The smallest absolute Gasteiger partial charge is 0.130 e. The van der Waals surface area contributed by atoms with Crippen LogP contribution in [0.15, 0.2) is 12.1 Å². The third-order valence-electron chi connectivity index (χ3n) is 6.21. The summed E-state index contributed by atoms with van der Waals surface area (Å²) in [6.45, 7) is 1.68. The van der Waals surface area contributed by atoms with Gasteiger partial charge in [0.1, 0.15) is 11.6 Å². The maximum absolute atomic E-state index is 14.2. The molecule has 0 radical (unpaired) electrons. The zero-order valence-electron chi connectivity index (χ0n) is 12.3. The molecule has 0 amide bonds. The molecular weight excluding hydrogens is 290 g/mol. The SMILES string of the molecule is Cc1cc(C(Cl)C2C3CC4CC(C3)CC2C4)c(F)cc1F. The van der Waals surface area contributed by atoms with Crippen molar-refractivity contribution in [3.8, 4) is 0 Å². The molecule has 4 saturated carbocycles. The number of hydrogen-bond acceptors (Lipinski definition) is 0. The summed E-state index contributed by atoms with van der Waals surface area (Å²) in [5.41, 5.74) is 0.994. The molecule has 4 fully saturated rings. The highest BCUT2D eigenvalue weighted by atomic mass is 35.5. The molecule has 0 nitrogen and oxygen atoms in total. The molecular formula is C18H21ClF2. The third-order valence-corrected chi connectivity index (χ3v) is 6.74. The van der Waals surface area contributed by atoms with E-state index < -0.39 is 11.6 Å². The normalized spacial score (nSPS) is 38.8. The van der Waals surface area contributed by atoms with Crippen molar-refractivity contribution in [2.24, 2.45) is 29.6 Å². The molecule has 5 rings (SSSR count). The van der Waals surface area contributed by atoms with E-state index in [-0.39, 0.29) is 5.38 Å². The first-order valence-corrected chi connectivity index (χ1v) is 8.56. The average molecular weight is 311 g/mol. The van der Waals surface area contributed by atoms with Gasteiger partial charge in [0.15, 0.2) is 0 Å². The zero-order valence-corrected chi connectivity index (χ0v) is 13.0. The largest absolute Gasteiger partial charge is 0.207 e. The fraction of sp³-hybridized carbons (Fsp3) is 0.667. The summed E-state index contributed by atoms with van der Waals surface area (Å²) in [7, 11) is 0. The lowest BCUT2D eigenvalue weighted by molar-refractivity contribution is -0.0384. The average Bonchev–Trinajstić information content (AvgIpc) is 2.41. The van der Waals surface area contributed by atoms with Gasteiger partial charge in [0.2, 0.25) is 0 Å². The summed E-state index contributed by atoms with van der Waals surface area (Å²) in [6.07, 6.45) is 6.47. The first kappa shape index (κ1) is 14.0. The van der Waals surface area contributed by atoms with Crippen LogP contribution in [-0.2, 0) is 0 Å². The van der Waals surface area contributed by atoms with Crippen LogP contribution in [-0.4, -0.2) is 0 Å². The van der Waals surface area contributed by atoms with Gasteiger partial charge in [0, 0.05) is 11.6 Å². The van der Waals surface area contributed by atoms with Crippen LogP contribution in [0.4, 0.5) is 8.78 Å². The topological polar surface area (TPSA) is 0 Å². The van der Waals surface area contributed by atoms with Gasteiger partial charge in [-0.3, -0.25) is 0 Å². The molecule has 4 bridgehead atoms. The maximum atomic E-state index is 14.2. The lowest BCUT2D eigenvalue weighted by Crippen LogP contribution is -2.46. The second-order valence-electron chi connectivity index (χ2n) is 7.53. The number of halogens is 3. The Kier molecular flexibility index (Phi) is 3.29. The highest BCUT2D eigenvalue weighted by molar-refractivity contribution is 6.21. The van der Waals surface area contributed by atoms with Gasteiger partial charge < -0.3 is 0 Å². The van der Waals surface area contributed by atoms with Crippen LogP contribution in [0.25, 0.3) is 0 Å². The lowest BCUT2D eigenvalue weighted by atomic mass is 9.51. The van der Waals surface area contributed by atoms with Crippen molar-refractivity contribution < 1.29 is 8.78 Å². The molecule has 0 aromatic heterocycles. The zero-order chi connectivity index (χ0) is 14.7. The molecule has 1 unspecified atom stereocenters. The van der Waals surface area contributed by atoms with E-state index in [0.29, 0.717) is 28.9 Å². The molecule has 0 heterocycles. The lowest BCUT2D eigenvalue weighted by Gasteiger charge is -2.55. The van der Waals surface area contributed by atoms with Crippen LogP contribution in [0, 0.1) is 48.1 Å². The van der Waals surface area contributed by atoms with Gasteiger partial charge in [-0.25, -0.2) is 8.78 Å². The molecule has 0 N–H and O–H groups in total. The molecule has 1 aromatic rings. The number of alkyl halides is 1. The Bertz CT molecular complexity index is 541. The van der Waals surface area contributed by atoms with Crippen molar-refractivity contribution in [2.45, 2.75) is 44.4 Å². The third kappa shape index (κ3) is 2.21. The predicted octanol–water partition coefficient (Wildman–Crippen LogP) is 5.63. The molecule has 114 valence electrons. The molecule has 0 aliphatic heterocycles. The Morgan fingerprint density at radius 3 is 2.10 bits per heavy atom. The second kappa shape index (κ2) is 4.94. The molecule has 3 heteroatoms. The van der Waals surface area contributed by atoms with Crippen LogP contribution >= 0.6 is 11.6 Å². The van der Waals surface area contributed by atoms with E-state index in [1.807, 2.05) is 0 Å². The van der Waals surface area contributed by atoms with E-state index >= 15 is 0 Å². The maximum Gasteiger partial charge on any atom is 0.130 e. The van der Waals surface area contributed by atoms with Crippen LogP contribution in [0.5, 0.6) is 0 Å². The van der Waals surface area contributed by atoms with Crippen molar-refractivity contribution in [3.05, 3.63) is 34.9 Å². The van der Waals surface area contributed by atoms with Crippen molar-refractivity contribution >= 4 is 11.6 Å². The standard InChI is InChI=1S/C18H21ClF2/c1-9-2-14(16(21)8-15(9)20)18(19)17-12-4-10-3-11(6-12)7-13(17)5-10/h2,8,10-13,17-18H,3-7H2,1H3. The van der Waals surface area contributed by atoms with E-state index in [2.05, 4.69) is 0 Å². The van der Waals surface area contributed by atoms with Gasteiger partial charge >= 0.3 is 0 Å². The summed E-state index contributed by atoms with van der Waals surface area (Å²) >= 11 is 6.72. The van der Waals surface area contributed by atoms with Crippen molar-refractivity contribution in [3.63, 3.8) is 0 Å². The van der Waals surface area contributed by atoms with Crippen molar-refractivity contribution in [1.29, 1.82) is 0 Å². The first-order valence-electron chi connectivity index (χ1n) is 8.12. The summed E-state index contributed by atoms with van der Waals surface area (Å²) in [5.74, 6) is 2.47. The summed E-state index contributed by atoms with van der Waals surface area (Å²) in [4.78, 5) is 0. The van der Waals surface area contributed by atoms with Crippen LogP contribution in [0.3, 0.4) is 0 Å². The number of rotatable bonds is 2. The molecule has 0 spiro atoms. The van der Waals surface area contributed by atoms with E-state index in [1.165, 1.54) is 32.1 Å². The fourth-order valence-corrected chi connectivity index (χ4v) is 6.12. The van der Waals surface area contributed by atoms with Gasteiger partial charge in [0.05, 0.1) is 5.38 Å². The minimum Gasteiger partial charge on any atom is -0.207 e.